The number of amides is 1. The molecule has 0 aromatic heterocycles. The molecule has 2 aromatic carbocycles. The average molecular weight is 397 g/mol. The molecule has 0 bridgehead atoms. The Hall–Kier alpha value is -2.89. The third-order valence-corrected chi connectivity index (χ3v) is 5.08. The molecule has 0 saturated carbocycles. The maximum absolute atomic E-state index is 13.8. The highest BCUT2D eigenvalue weighted by atomic mass is 19.1. The van der Waals surface area contributed by atoms with Crippen LogP contribution in [0.4, 0.5) is 4.39 Å². The van der Waals surface area contributed by atoms with Crippen molar-refractivity contribution in [1.29, 1.82) is 0 Å². The van der Waals surface area contributed by atoms with Crippen LogP contribution in [0.3, 0.4) is 0 Å². The van der Waals surface area contributed by atoms with E-state index in [4.69, 9.17) is 0 Å². The average Bonchev–Trinajstić information content (AvgIpc) is 3.10. The lowest BCUT2D eigenvalue weighted by molar-refractivity contribution is -0.127. The van der Waals surface area contributed by atoms with Gasteiger partial charge in [-0.3, -0.25) is 4.79 Å². The number of likely N-dealkylation sites (tertiary alicyclic amines) is 1. The van der Waals surface area contributed by atoms with E-state index in [0.717, 1.165) is 26.1 Å². The highest BCUT2D eigenvalue weighted by molar-refractivity contribution is 5.81. The van der Waals surface area contributed by atoms with Crippen LogP contribution in [0.15, 0.2) is 59.6 Å². The van der Waals surface area contributed by atoms with Crippen LogP contribution >= 0.6 is 0 Å². The molecular formula is C23H29FN4O. The molecule has 0 radical (unpaired) electrons. The summed E-state index contributed by atoms with van der Waals surface area (Å²) in [5.74, 6) is 0.852. The number of benzene rings is 2. The minimum atomic E-state index is -0.248. The molecule has 1 aliphatic heterocycles. The van der Waals surface area contributed by atoms with E-state index in [0.29, 0.717) is 24.5 Å². The Labute approximate surface area is 172 Å². The van der Waals surface area contributed by atoms with Gasteiger partial charge in [0.25, 0.3) is 0 Å². The lowest BCUT2D eigenvalue weighted by Crippen LogP contribution is -2.40. The molecule has 1 fully saturated rings. The van der Waals surface area contributed by atoms with Crippen LogP contribution < -0.4 is 10.6 Å². The Morgan fingerprint density at radius 1 is 1.14 bits per heavy atom. The van der Waals surface area contributed by atoms with E-state index in [1.807, 2.05) is 36.1 Å². The predicted molar refractivity (Wildman–Crippen MR) is 114 cm³/mol. The number of carbonyl (C=O) groups is 1. The van der Waals surface area contributed by atoms with Crippen LogP contribution in [0.5, 0.6) is 0 Å². The van der Waals surface area contributed by atoms with Gasteiger partial charge in [0.05, 0.1) is 6.54 Å². The summed E-state index contributed by atoms with van der Waals surface area (Å²) in [7, 11) is 0. The molecule has 1 atom stereocenters. The summed E-state index contributed by atoms with van der Waals surface area (Å²) in [4.78, 5) is 18.8. The Bertz CT molecular complexity index is 825. The number of guanidine groups is 1. The van der Waals surface area contributed by atoms with E-state index in [2.05, 4.69) is 27.8 Å². The molecule has 1 heterocycles. The summed E-state index contributed by atoms with van der Waals surface area (Å²) in [6.45, 7) is 5.15. The zero-order chi connectivity index (χ0) is 20.5. The van der Waals surface area contributed by atoms with E-state index in [-0.39, 0.29) is 24.2 Å². The number of hydrogen-bond donors (Lipinski definition) is 2. The molecule has 5 nitrogen and oxygen atoms in total. The van der Waals surface area contributed by atoms with Crippen molar-refractivity contribution in [2.24, 2.45) is 10.9 Å². The molecule has 0 aliphatic carbocycles. The second-order valence-electron chi connectivity index (χ2n) is 7.31. The Kier molecular flexibility index (Phi) is 7.61. The Balaban J connectivity index is 1.49. The molecule has 6 heteroatoms. The van der Waals surface area contributed by atoms with Crippen LogP contribution in [-0.4, -0.2) is 42.9 Å². The molecule has 2 N–H and O–H groups in total. The first-order valence-corrected chi connectivity index (χ1v) is 10.2. The third kappa shape index (κ3) is 6.31. The van der Waals surface area contributed by atoms with Gasteiger partial charge in [-0.15, -0.1) is 0 Å². The largest absolute Gasteiger partial charge is 0.357 e. The predicted octanol–water partition coefficient (Wildman–Crippen LogP) is 2.97. The smallest absolute Gasteiger partial charge is 0.223 e. The molecule has 1 saturated heterocycles. The summed E-state index contributed by atoms with van der Waals surface area (Å²) in [5.41, 5.74) is 1.81. The van der Waals surface area contributed by atoms with Crippen molar-refractivity contribution in [2.45, 2.75) is 26.3 Å². The normalized spacial score (nSPS) is 16.9. The molecule has 1 aliphatic rings. The summed E-state index contributed by atoms with van der Waals surface area (Å²) >= 11 is 0. The number of nitrogens with zero attached hydrogens (tertiary/aromatic N) is 2. The van der Waals surface area contributed by atoms with Crippen LogP contribution in [0.2, 0.25) is 0 Å². The molecule has 1 amide bonds. The highest BCUT2D eigenvalue weighted by Crippen LogP contribution is 2.17. The quantitative estimate of drug-likeness (QED) is 0.533. The van der Waals surface area contributed by atoms with Crippen molar-refractivity contribution in [2.75, 3.05) is 26.2 Å². The number of nitrogens with one attached hydrogen (secondary N) is 2. The van der Waals surface area contributed by atoms with Crippen LogP contribution in [0.1, 0.15) is 24.5 Å². The van der Waals surface area contributed by atoms with Gasteiger partial charge >= 0.3 is 0 Å². The van der Waals surface area contributed by atoms with Crippen molar-refractivity contribution >= 4 is 11.9 Å². The van der Waals surface area contributed by atoms with Crippen LogP contribution in [0, 0.1) is 11.7 Å². The van der Waals surface area contributed by atoms with Gasteiger partial charge in [-0.2, -0.15) is 0 Å². The fourth-order valence-corrected chi connectivity index (χ4v) is 3.49. The summed E-state index contributed by atoms with van der Waals surface area (Å²) in [5, 5.41) is 6.49. The highest BCUT2D eigenvalue weighted by Gasteiger charge is 2.29. The molecule has 0 spiro atoms. The van der Waals surface area contributed by atoms with Gasteiger partial charge in [-0.25, -0.2) is 9.38 Å². The van der Waals surface area contributed by atoms with Crippen molar-refractivity contribution in [1.82, 2.24) is 15.5 Å². The van der Waals surface area contributed by atoms with Gasteiger partial charge in [0.15, 0.2) is 5.96 Å². The maximum Gasteiger partial charge on any atom is 0.223 e. The van der Waals surface area contributed by atoms with Crippen molar-refractivity contribution in [3.63, 3.8) is 0 Å². The molecule has 29 heavy (non-hydrogen) atoms. The van der Waals surface area contributed by atoms with Crippen LogP contribution in [-0.2, 0) is 17.8 Å². The molecule has 154 valence electrons. The van der Waals surface area contributed by atoms with E-state index in [1.54, 1.807) is 12.1 Å². The monoisotopic (exact) mass is 396 g/mol. The van der Waals surface area contributed by atoms with E-state index in [1.165, 1.54) is 11.6 Å². The lowest BCUT2D eigenvalue weighted by Gasteiger charge is -2.18. The van der Waals surface area contributed by atoms with Gasteiger partial charge < -0.3 is 15.5 Å². The number of aliphatic imine (C=N–C) groups is 1. The Morgan fingerprint density at radius 2 is 1.90 bits per heavy atom. The van der Waals surface area contributed by atoms with Crippen molar-refractivity contribution in [3.8, 4) is 0 Å². The van der Waals surface area contributed by atoms with Gasteiger partial charge in [-0.1, -0.05) is 48.5 Å². The van der Waals surface area contributed by atoms with Crippen molar-refractivity contribution < 1.29 is 9.18 Å². The summed E-state index contributed by atoms with van der Waals surface area (Å²) in [6.07, 6.45) is 1.42. The number of carbonyl (C=O) groups excluding carboxylic acids is 1. The zero-order valence-electron chi connectivity index (χ0n) is 16.9. The maximum atomic E-state index is 13.8. The molecular weight excluding hydrogens is 367 g/mol. The first-order chi connectivity index (χ1) is 14.2. The van der Waals surface area contributed by atoms with Crippen molar-refractivity contribution in [3.05, 3.63) is 71.5 Å². The fraction of sp³-hybridized carbons (Fsp3) is 0.391. The second kappa shape index (κ2) is 10.6. The number of hydrogen-bond acceptors (Lipinski definition) is 2. The SMILES string of the molecule is CCNC(=NCc1ccccc1F)NCC1CC(=O)N(CCc2ccccc2)C1. The first kappa shape index (κ1) is 20.8. The van der Waals surface area contributed by atoms with Gasteiger partial charge in [0, 0.05) is 44.1 Å². The van der Waals surface area contributed by atoms with E-state index >= 15 is 0 Å². The minimum absolute atomic E-state index is 0.209. The fourth-order valence-electron chi connectivity index (χ4n) is 3.49. The van der Waals surface area contributed by atoms with Gasteiger partial charge in [0.2, 0.25) is 5.91 Å². The zero-order valence-corrected chi connectivity index (χ0v) is 16.9. The minimum Gasteiger partial charge on any atom is -0.357 e. The topological polar surface area (TPSA) is 56.7 Å². The third-order valence-electron chi connectivity index (χ3n) is 5.08. The molecule has 2 aromatic rings. The summed E-state index contributed by atoms with van der Waals surface area (Å²) < 4.78 is 13.8. The van der Waals surface area contributed by atoms with Gasteiger partial charge in [0.1, 0.15) is 5.82 Å². The first-order valence-electron chi connectivity index (χ1n) is 10.2. The molecule has 1 unspecified atom stereocenters. The van der Waals surface area contributed by atoms with E-state index in [9.17, 15) is 9.18 Å². The number of rotatable bonds is 8. The van der Waals surface area contributed by atoms with E-state index < -0.39 is 0 Å². The number of halogens is 1. The molecule has 3 rings (SSSR count). The standard InChI is InChI=1S/C23H29FN4O/c1-2-25-23(27-16-20-10-6-7-11-21(20)24)26-15-19-14-22(29)28(17-19)13-12-18-8-4-3-5-9-18/h3-11,19H,2,12-17H2,1H3,(H2,25,26,27). The Morgan fingerprint density at radius 3 is 2.66 bits per heavy atom. The summed E-state index contributed by atoms with van der Waals surface area (Å²) in [6, 6.07) is 16.9. The lowest BCUT2D eigenvalue weighted by atomic mass is 10.1. The van der Waals surface area contributed by atoms with Crippen LogP contribution in [0.25, 0.3) is 0 Å². The van der Waals surface area contributed by atoms with Gasteiger partial charge in [-0.05, 0) is 25.0 Å². The second-order valence-corrected chi connectivity index (χ2v) is 7.31.